The van der Waals surface area contributed by atoms with Gasteiger partial charge in [0, 0.05) is 29.6 Å². The van der Waals surface area contributed by atoms with Crippen molar-refractivity contribution in [3.63, 3.8) is 0 Å². The standard InChI is InChI=1S/C27H27BrN4O2/c1-16(2)26-30-12-10-22(31-26)23-14-21(9-11-29-23)32-19(5)18(4)25(24(28)27(32)33)34-15-20-8-6-7-17(3)13-20/h6-14,16H,15H2,1-5H3. The lowest BCUT2D eigenvalue weighted by Gasteiger charge is -2.18. The first kappa shape index (κ1) is 23.8. The Kier molecular flexibility index (Phi) is 6.93. The quantitative estimate of drug-likeness (QED) is 0.309. The van der Waals surface area contributed by atoms with Gasteiger partial charge in [-0.2, -0.15) is 0 Å². The average Bonchev–Trinajstić information content (AvgIpc) is 2.83. The van der Waals surface area contributed by atoms with Gasteiger partial charge in [0.1, 0.15) is 22.7 Å². The highest BCUT2D eigenvalue weighted by Crippen LogP contribution is 2.30. The van der Waals surface area contributed by atoms with Gasteiger partial charge in [0.2, 0.25) is 0 Å². The number of nitrogens with zero attached hydrogens (tertiary/aromatic N) is 4. The second-order valence-electron chi connectivity index (χ2n) is 8.63. The van der Waals surface area contributed by atoms with Crippen molar-refractivity contribution >= 4 is 15.9 Å². The van der Waals surface area contributed by atoms with E-state index in [4.69, 9.17) is 4.74 Å². The highest BCUT2D eigenvalue weighted by atomic mass is 79.9. The first-order chi connectivity index (χ1) is 16.3. The molecule has 0 saturated carbocycles. The van der Waals surface area contributed by atoms with E-state index in [1.807, 2.05) is 57.2 Å². The van der Waals surface area contributed by atoms with E-state index in [9.17, 15) is 4.79 Å². The Morgan fingerprint density at radius 3 is 2.50 bits per heavy atom. The average molecular weight is 519 g/mol. The molecule has 0 amide bonds. The number of pyridine rings is 2. The van der Waals surface area contributed by atoms with Gasteiger partial charge in [-0.05, 0) is 60.5 Å². The Morgan fingerprint density at radius 1 is 1.00 bits per heavy atom. The van der Waals surface area contributed by atoms with E-state index in [2.05, 4.69) is 50.8 Å². The molecule has 174 valence electrons. The Bertz CT molecular complexity index is 1410. The van der Waals surface area contributed by atoms with Crippen LogP contribution >= 0.6 is 15.9 Å². The molecular formula is C27H27BrN4O2. The van der Waals surface area contributed by atoms with Gasteiger partial charge in [0.25, 0.3) is 5.56 Å². The van der Waals surface area contributed by atoms with Crippen molar-refractivity contribution in [1.29, 1.82) is 0 Å². The summed E-state index contributed by atoms with van der Waals surface area (Å²) in [6.45, 7) is 10.4. The van der Waals surface area contributed by atoms with Gasteiger partial charge >= 0.3 is 0 Å². The highest BCUT2D eigenvalue weighted by molar-refractivity contribution is 9.10. The maximum Gasteiger partial charge on any atom is 0.273 e. The molecule has 0 spiro atoms. The van der Waals surface area contributed by atoms with Crippen LogP contribution in [0.15, 0.2) is 64.1 Å². The third kappa shape index (κ3) is 4.80. The van der Waals surface area contributed by atoms with E-state index in [1.165, 1.54) is 5.56 Å². The predicted octanol–water partition coefficient (Wildman–Crippen LogP) is 6.08. The lowest BCUT2D eigenvalue weighted by atomic mass is 10.1. The summed E-state index contributed by atoms with van der Waals surface area (Å²) >= 11 is 3.50. The lowest BCUT2D eigenvalue weighted by molar-refractivity contribution is 0.300. The van der Waals surface area contributed by atoms with Crippen molar-refractivity contribution in [2.45, 2.75) is 47.1 Å². The molecule has 7 heteroatoms. The van der Waals surface area contributed by atoms with Gasteiger partial charge in [-0.3, -0.25) is 14.3 Å². The minimum absolute atomic E-state index is 0.190. The van der Waals surface area contributed by atoms with Crippen molar-refractivity contribution in [2.24, 2.45) is 0 Å². The summed E-state index contributed by atoms with van der Waals surface area (Å²) in [5.74, 6) is 1.53. The SMILES string of the molecule is Cc1cccc(COc2c(C)c(C)n(-c3ccnc(-c4ccnc(C(C)C)n4)c3)c(=O)c2Br)c1. The largest absolute Gasteiger partial charge is 0.487 e. The van der Waals surface area contributed by atoms with Crippen LogP contribution in [0.3, 0.4) is 0 Å². The number of ether oxygens (including phenoxy) is 1. The summed E-state index contributed by atoms with van der Waals surface area (Å²) in [7, 11) is 0. The van der Waals surface area contributed by atoms with Crippen molar-refractivity contribution < 1.29 is 4.74 Å². The van der Waals surface area contributed by atoms with Crippen LogP contribution in [-0.4, -0.2) is 19.5 Å². The molecule has 4 rings (SSSR count). The van der Waals surface area contributed by atoms with E-state index in [-0.39, 0.29) is 11.5 Å². The third-order valence-corrected chi connectivity index (χ3v) is 6.43. The van der Waals surface area contributed by atoms with E-state index in [1.54, 1.807) is 17.0 Å². The first-order valence-corrected chi connectivity index (χ1v) is 12.0. The fourth-order valence-electron chi connectivity index (χ4n) is 3.78. The molecule has 0 radical (unpaired) electrons. The number of aryl methyl sites for hydroxylation is 1. The van der Waals surface area contributed by atoms with Crippen LogP contribution in [-0.2, 0) is 6.61 Å². The molecular weight excluding hydrogens is 492 g/mol. The van der Waals surface area contributed by atoms with Crippen LogP contribution in [0.4, 0.5) is 0 Å². The minimum atomic E-state index is -0.190. The zero-order chi connectivity index (χ0) is 24.4. The first-order valence-electron chi connectivity index (χ1n) is 11.2. The summed E-state index contributed by atoms with van der Waals surface area (Å²) in [5.41, 5.74) is 5.84. The van der Waals surface area contributed by atoms with Gasteiger partial charge < -0.3 is 4.74 Å². The number of benzene rings is 1. The highest BCUT2D eigenvalue weighted by Gasteiger charge is 2.19. The monoisotopic (exact) mass is 518 g/mol. The normalized spacial score (nSPS) is 11.1. The maximum atomic E-state index is 13.4. The molecule has 0 N–H and O–H groups in total. The van der Waals surface area contributed by atoms with Gasteiger partial charge in [-0.15, -0.1) is 0 Å². The Hall–Kier alpha value is -3.32. The van der Waals surface area contributed by atoms with Gasteiger partial charge in [0.15, 0.2) is 0 Å². The summed E-state index contributed by atoms with van der Waals surface area (Å²) in [6.07, 6.45) is 3.43. The Morgan fingerprint density at radius 2 is 1.76 bits per heavy atom. The van der Waals surface area contributed by atoms with Crippen LogP contribution in [0.1, 0.15) is 48.0 Å². The molecule has 3 aromatic heterocycles. The fraction of sp³-hybridized carbons (Fsp3) is 0.259. The van der Waals surface area contributed by atoms with E-state index < -0.39 is 0 Å². The molecule has 0 aliphatic heterocycles. The molecule has 0 aliphatic rings. The molecule has 0 unspecified atom stereocenters. The summed E-state index contributed by atoms with van der Waals surface area (Å²) in [4.78, 5) is 26.9. The molecule has 0 bridgehead atoms. The van der Waals surface area contributed by atoms with Crippen molar-refractivity contribution in [1.82, 2.24) is 19.5 Å². The number of hydrogen-bond acceptors (Lipinski definition) is 5. The molecule has 4 aromatic rings. The number of aromatic nitrogens is 4. The predicted molar refractivity (Wildman–Crippen MR) is 138 cm³/mol. The summed E-state index contributed by atoms with van der Waals surface area (Å²) < 4.78 is 8.17. The van der Waals surface area contributed by atoms with Crippen LogP contribution in [0, 0.1) is 20.8 Å². The zero-order valence-corrected chi connectivity index (χ0v) is 21.5. The molecule has 1 aromatic carbocycles. The van der Waals surface area contributed by atoms with Crippen LogP contribution in [0.5, 0.6) is 5.75 Å². The number of hydrogen-bond donors (Lipinski definition) is 0. The van der Waals surface area contributed by atoms with Gasteiger partial charge in [-0.25, -0.2) is 9.97 Å². The van der Waals surface area contributed by atoms with E-state index in [0.29, 0.717) is 28.2 Å². The van der Waals surface area contributed by atoms with Crippen LogP contribution in [0.2, 0.25) is 0 Å². The smallest absolute Gasteiger partial charge is 0.273 e. The van der Waals surface area contributed by atoms with Gasteiger partial charge in [0.05, 0.1) is 17.1 Å². The summed E-state index contributed by atoms with van der Waals surface area (Å²) in [5, 5.41) is 0. The van der Waals surface area contributed by atoms with Crippen LogP contribution in [0.25, 0.3) is 17.1 Å². The van der Waals surface area contributed by atoms with Crippen molar-refractivity contribution in [3.8, 4) is 22.8 Å². The fourth-order valence-corrected chi connectivity index (χ4v) is 4.37. The Balaban J connectivity index is 1.73. The zero-order valence-electron chi connectivity index (χ0n) is 20.0. The molecule has 3 heterocycles. The van der Waals surface area contributed by atoms with Gasteiger partial charge in [-0.1, -0.05) is 43.7 Å². The van der Waals surface area contributed by atoms with E-state index >= 15 is 0 Å². The molecule has 6 nitrogen and oxygen atoms in total. The minimum Gasteiger partial charge on any atom is -0.487 e. The van der Waals surface area contributed by atoms with E-state index in [0.717, 1.165) is 28.3 Å². The molecule has 34 heavy (non-hydrogen) atoms. The van der Waals surface area contributed by atoms with Crippen molar-refractivity contribution in [2.75, 3.05) is 0 Å². The molecule has 0 atom stereocenters. The van der Waals surface area contributed by atoms with Crippen LogP contribution < -0.4 is 10.3 Å². The lowest BCUT2D eigenvalue weighted by Crippen LogP contribution is -2.23. The number of rotatable bonds is 6. The third-order valence-electron chi connectivity index (χ3n) is 5.73. The number of halogens is 1. The topological polar surface area (TPSA) is 69.9 Å². The second kappa shape index (κ2) is 9.89. The second-order valence-corrected chi connectivity index (χ2v) is 9.42. The Labute approximate surface area is 207 Å². The van der Waals surface area contributed by atoms with Crippen molar-refractivity contribution in [3.05, 3.63) is 97.9 Å². The summed E-state index contributed by atoms with van der Waals surface area (Å²) in [6, 6.07) is 13.7. The molecule has 0 aliphatic carbocycles. The molecule has 0 fully saturated rings. The molecule has 0 saturated heterocycles. The maximum absolute atomic E-state index is 13.4.